The van der Waals surface area contributed by atoms with Crippen molar-refractivity contribution in [2.45, 2.75) is 12.3 Å². The van der Waals surface area contributed by atoms with Crippen molar-refractivity contribution < 1.29 is 19.1 Å². The van der Waals surface area contributed by atoms with Crippen LogP contribution in [0.2, 0.25) is 0 Å². The van der Waals surface area contributed by atoms with E-state index in [0.29, 0.717) is 16.8 Å². The first-order chi connectivity index (χ1) is 12.5. The Morgan fingerprint density at radius 1 is 1.15 bits per heavy atom. The van der Waals surface area contributed by atoms with Crippen LogP contribution in [0, 0.1) is 5.82 Å². The number of carbonyl (C=O) groups excluding carboxylic acids is 1. The zero-order valence-corrected chi connectivity index (χ0v) is 14.3. The van der Waals surface area contributed by atoms with Gasteiger partial charge in [0.2, 0.25) is 5.91 Å². The number of fused-ring (bicyclic) bond motifs is 1. The molecule has 4 rings (SSSR count). The third-order valence-corrected chi connectivity index (χ3v) is 5.71. The van der Waals surface area contributed by atoms with Gasteiger partial charge in [0, 0.05) is 22.8 Å². The second-order valence-corrected chi connectivity index (χ2v) is 7.13. The lowest BCUT2D eigenvalue weighted by molar-refractivity contribution is -0.116. The summed E-state index contributed by atoms with van der Waals surface area (Å²) in [5.74, 6) is -2.00. The van der Waals surface area contributed by atoms with Crippen LogP contribution in [0.3, 0.4) is 0 Å². The lowest BCUT2D eigenvalue weighted by Crippen LogP contribution is -2.22. The first kappa shape index (κ1) is 16.5. The van der Waals surface area contributed by atoms with E-state index in [9.17, 15) is 19.1 Å². The molecule has 2 heterocycles. The van der Waals surface area contributed by atoms with E-state index < -0.39 is 5.97 Å². The van der Waals surface area contributed by atoms with Gasteiger partial charge in [-0.2, -0.15) is 0 Å². The van der Waals surface area contributed by atoms with Crippen LogP contribution in [0.25, 0.3) is 11.1 Å². The molecule has 0 unspecified atom stereocenters. The Morgan fingerprint density at radius 3 is 2.62 bits per heavy atom. The van der Waals surface area contributed by atoms with Crippen LogP contribution in [0.1, 0.15) is 32.5 Å². The molecular weight excluding hydrogens is 353 g/mol. The molecule has 26 heavy (non-hydrogen) atoms. The van der Waals surface area contributed by atoms with Crippen molar-refractivity contribution in [1.82, 2.24) is 0 Å². The average molecular weight is 367 g/mol. The summed E-state index contributed by atoms with van der Waals surface area (Å²) in [4.78, 5) is 25.1. The van der Waals surface area contributed by atoms with Gasteiger partial charge in [0.15, 0.2) is 0 Å². The summed E-state index contributed by atoms with van der Waals surface area (Å²) >= 11 is 1.14. The summed E-state index contributed by atoms with van der Waals surface area (Å²) in [5.41, 5.74) is 2.41. The number of thiophene rings is 1. The number of benzene rings is 2. The number of anilines is 1. The number of hydrogen-bond donors (Lipinski definition) is 2. The monoisotopic (exact) mass is 367 g/mol. The number of amides is 1. The van der Waals surface area contributed by atoms with Crippen LogP contribution in [-0.4, -0.2) is 17.0 Å². The molecular formula is C20H14FNO3S. The third-order valence-electron chi connectivity index (χ3n) is 4.41. The molecule has 1 atom stereocenters. The highest BCUT2D eigenvalue weighted by Crippen LogP contribution is 2.49. The number of aromatic carboxylic acids is 1. The van der Waals surface area contributed by atoms with Gasteiger partial charge in [0.05, 0.1) is 5.69 Å². The van der Waals surface area contributed by atoms with Crippen molar-refractivity contribution in [1.29, 1.82) is 0 Å². The van der Waals surface area contributed by atoms with Crippen LogP contribution in [-0.2, 0) is 4.79 Å². The predicted molar refractivity (Wildman–Crippen MR) is 98.2 cm³/mol. The number of rotatable bonds is 3. The van der Waals surface area contributed by atoms with Gasteiger partial charge in [-0.3, -0.25) is 4.79 Å². The highest BCUT2D eigenvalue weighted by atomic mass is 32.1. The Labute approximate surface area is 152 Å². The summed E-state index contributed by atoms with van der Waals surface area (Å²) in [6, 6.07) is 15.2. The SMILES string of the molecule is O=C1C[C@@H](c2cccc(F)c2)c2sc(C(=O)O)c(-c3ccccc3)c2N1. The topological polar surface area (TPSA) is 66.4 Å². The average Bonchev–Trinajstić information content (AvgIpc) is 3.01. The first-order valence-electron chi connectivity index (χ1n) is 8.05. The maximum atomic E-state index is 13.7. The number of carboxylic acid groups (broad SMARTS) is 1. The van der Waals surface area contributed by atoms with Gasteiger partial charge >= 0.3 is 5.97 Å². The van der Waals surface area contributed by atoms with Crippen molar-refractivity contribution in [2.75, 3.05) is 5.32 Å². The summed E-state index contributed by atoms with van der Waals surface area (Å²) in [6.45, 7) is 0. The number of nitrogens with one attached hydrogen (secondary N) is 1. The summed E-state index contributed by atoms with van der Waals surface area (Å²) < 4.78 is 13.7. The van der Waals surface area contributed by atoms with Crippen LogP contribution >= 0.6 is 11.3 Å². The van der Waals surface area contributed by atoms with E-state index in [0.717, 1.165) is 21.8 Å². The minimum atomic E-state index is -1.05. The quantitative estimate of drug-likeness (QED) is 0.703. The van der Waals surface area contributed by atoms with Gasteiger partial charge in [-0.1, -0.05) is 42.5 Å². The predicted octanol–water partition coefficient (Wildman–Crippen LogP) is 4.73. The molecule has 1 aromatic heterocycles. The van der Waals surface area contributed by atoms with E-state index in [1.807, 2.05) is 30.3 Å². The van der Waals surface area contributed by atoms with Crippen molar-refractivity contribution >= 4 is 28.9 Å². The number of hydrogen-bond acceptors (Lipinski definition) is 3. The van der Waals surface area contributed by atoms with Crippen molar-refractivity contribution in [3.05, 3.63) is 75.7 Å². The molecule has 0 radical (unpaired) electrons. The van der Waals surface area contributed by atoms with E-state index in [1.54, 1.807) is 12.1 Å². The molecule has 2 aromatic carbocycles. The fraction of sp³-hybridized carbons (Fsp3) is 0.100. The Bertz CT molecular complexity index is 1010. The second kappa shape index (κ2) is 6.38. The molecule has 0 fully saturated rings. The number of halogens is 1. The fourth-order valence-corrected chi connectivity index (χ4v) is 4.56. The maximum absolute atomic E-state index is 13.7. The zero-order valence-electron chi connectivity index (χ0n) is 13.5. The van der Waals surface area contributed by atoms with E-state index in [1.165, 1.54) is 12.1 Å². The van der Waals surface area contributed by atoms with E-state index in [2.05, 4.69) is 5.32 Å². The van der Waals surface area contributed by atoms with E-state index >= 15 is 0 Å². The lowest BCUT2D eigenvalue weighted by Gasteiger charge is -2.23. The third kappa shape index (κ3) is 2.78. The van der Waals surface area contributed by atoms with Gasteiger partial charge in [-0.25, -0.2) is 9.18 Å². The molecule has 4 nitrogen and oxygen atoms in total. The van der Waals surface area contributed by atoms with Crippen LogP contribution in [0.4, 0.5) is 10.1 Å². The lowest BCUT2D eigenvalue weighted by atomic mass is 9.88. The normalized spacial score (nSPS) is 16.0. The fourth-order valence-electron chi connectivity index (χ4n) is 3.31. The standard InChI is InChI=1S/C20H14FNO3S/c21-13-8-4-7-12(9-13)14-10-15(23)22-17-16(11-5-2-1-3-6-11)19(20(24)25)26-18(14)17/h1-9,14H,10H2,(H,22,23)(H,24,25)/t14-/m0/s1. The van der Waals surface area contributed by atoms with Crippen molar-refractivity contribution in [2.24, 2.45) is 0 Å². The Kier molecular flexibility index (Phi) is 4.05. The summed E-state index contributed by atoms with van der Waals surface area (Å²) in [7, 11) is 0. The van der Waals surface area contributed by atoms with Gasteiger partial charge in [0.1, 0.15) is 10.7 Å². The first-order valence-corrected chi connectivity index (χ1v) is 8.87. The van der Waals surface area contributed by atoms with Crippen molar-refractivity contribution in [3.63, 3.8) is 0 Å². The molecule has 6 heteroatoms. The molecule has 2 N–H and O–H groups in total. The van der Waals surface area contributed by atoms with Gasteiger partial charge in [-0.05, 0) is 23.3 Å². The maximum Gasteiger partial charge on any atom is 0.346 e. The number of carboxylic acids is 1. The molecule has 0 saturated carbocycles. The summed E-state index contributed by atoms with van der Waals surface area (Å²) in [5, 5.41) is 12.5. The largest absolute Gasteiger partial charge is 0.477 e. The smallest absolute Gasteiger partial charge is 0.346 e. The van der Waals surface area contributed by atoms with Crippen molar-refractivity contribution in [3.8, 4) is 11.1 Å². The molecule has 1 amide bonds. The number of carbonyl (C=O) groups is 2. The molecule has 0 aliphatic carbocycles. The highest BCUT2D eigenvalue weighted by Gasteiger charge is 2.34. The molecule has 3 aromatic rings. The molecule has 130 valence electrons. The molecule has 1 aliphatic rings. The van der Waals surface area contributed by atoms with Crippen LogP contribution < -0.4 is 5.32 Å². The Hall–Kier alpha value is -2.99. The van der Waals surface area contributed by atoms with Gasteiger partial charge in [-0.15, -0.1) is 11.3 Å². The molecule has 0 spiro atoms. The minimum Gasteiger partial charge on any atom is -0.477 e. The second-order valence-electron chi connectivity index (χ2n) is 6.08. The van der Waals surface area contributed by atoms with E-state index in [4.69, 9.17) is 0 Å². The molecule has 1 aliphatic heterocycles. The van der Waals surface area contributed by atoms with Gasteiger partial charge in [0.25, 0.3) is 0 Å². The van der Waals surface area contributed by atoms with Crippen LogP contribution in [0.5, 0.6) is 0 Å². The summed E-state index contributed by atoms with van der Waals surface area (Å²) in [6.07, 6.45) is 0.157. The van der Waals surface area contributed by atoms with Gasteiger partial charge < -0.3 is 10.4 Å². The Balaban J connectivity index is 1.95. The zero-order chi connectivity index (χ0) is 18.3. The highest BCUT2D eigenvalue weighted by molar-refractivity contribution is 7.15. The van der Waals surface area contributed by atoms with E-state index in [-0.39, 0.29) is 28.9 Å². The molecule has 0 saturated heterocycles. The van der Waals surface area contributed by atoms with Crippen LogP contribution in [0.15, 0.2) is 54.6 Å². The minimum absolute atomic E-state index is 0.157. The molecule has 0 bridgehead atoms. The Morgan fingerprint density at radius 2 is 1.92 bits per heavy atom.